The highest BCUT2D eigenvalue weighted by atomic mass is 79.9. The Balaban J connectivity index is 1.73. The summed E-state index contributed by atoms with van der Waals surface area (Å²) in [5, 5.41) is 28.5. The van der Waals surface area contributed by atoms with Crippen molar-refractivity contribution in [2.75, 3.05) is 12.4 Å². The monoisotopic (exact) mass is 505 g/mol. The second kappa shape index (κ2) is 9.87. The number of rotatable bonds is 9. The number of carbonyl (C=O) groups excluding carboxylic acids is 1. The molecule has 3 aromatic rings. The molecule has 0 aliphatic carbocycles. The van der Waals surface area contributed by atoms with Gasteiger partial charge in [-0.3, -0.25) is 14.9 Å². The van der Waals surface area contributed by atoms with Crippen molar-refractivity contribution in [3.63, 3.8) is 0 Å². The van der Waals surface area contributed by atoms with Gasteiger partial charge >= 0.3 is 5.82 Å². The molecule has 1 aromatic heterocycles. The van der Waals surface area contributed by atoms with Gasteiger partial charge in [0, 0.05) is 18.6 Å². The first-order chi connectivity index (χ1) is 15.3. The number of aryl methyl sites for hydroxylation is 1. The topological polar surface area (TPSA) is 152 Å². The van der Waals surface area contributed by atoms with Crippen LogP contribution in [0.25, 0.3) is 0 Å². The summed E-state index contributed by atoms with van der Waals surface area (Å²) in [4.78, 5) is 33.2. The van der Waals surface area contributed by atoms with E-state index in [4.69, 9.17) is 9.47 Å². The molecule has 0 fully saturated rings. The minimum absolute atomic E-state index is 0.0672. The lowest BCUT2D eigenvalue weighted by Crippen LogP contribution is -2.15. The molecule has 0 radical (unpaired) electrons. The van der Waals surface area contributed by atoms with Crippen LogP contribution in [-0.2, 0) is 11.3 Å². The molecule has 32 heavy (non-hydrogen) atoms. The van der Waals surface area contributed by atoms with Gasteiger partial charge in [0.05, 0.1) is 41.6 Å². The van der Waals surface area contributed by atoms with Crippen LogP contribution in [-0.4, -0.2) is 32.6 Å². The second-order valence-electron chi connectivity index (χ2n) is 6.34. The number of ether oxygens (including phenoxy) is 2. The van der Waals surface area contributed by atoms with Gasteiger partial charge in [0.25, 0.3) is 5.69 Å². The number of aromatic nitrogens is 2. The van der Waals surface area contributed by atoms with Crippen molar-refractivity contribution in [1.29, 1.82) is 0 Å². The summed E-state index contributed by atoms with van der Waals surface area (Å²) in [7, 11) is 1.47. The Morgan fingerprint density at radius 3 is 2.50 bits per heavy atom. The van der Waals surface area contributed by atoms with Gasteiger partial charge in [-0.05, 0) is 33.0 Å². The van der Waals surface area contributed by atoms with E-state index in [1.54, 1.807) is 24.3 Å². The number of nitrogens with one attached hydrogen (secondary N) is 1. The molecular weight excluding hydrogens is 490 g/mol. The highest BCUT2D eigenvalue weighted by Crippen LogP contribution is 2.34. The number of nitrogens with zero attached hydrogens (tertiary/aromatic N) is 4. The van der Waals surface area contributed by atoms with E-state index < -0.39 is 15.8 Å². The number of methoxy groups -OCH3 is 1. The molecular formula is C19H16BrN5O7. The second-order valence-corrected chi connectivity index (χ2v) is 7.20. The van der Waals surface area contributed by atoms with Crippen LogP contribution in [0.4, 0.5) is 17.2 Å². The molecule has 1 heterocycles. The molecule has 0 unspecified atom stereocenters. The zero-order valence-corrected chi connectivity index (χ0v) is 18.1. The maximum Gasteiger partial charge on any atom is 0.404 e. The highest BCUT2D eigenvalue weighted by Gasteiger charge is 2.19. The van der Waals surface area contributed by atoms with Crippen molar-refractivity contribution >= 4 is 39.0 Å². The number of amides is 1. The van der Waals surface area contributed by atoms with E-state index in [1.165, 1.54) is 36.2 Å². The number of anilines is 1. The maximum absolute atomic E-state index is 12.3. The fraction of sp³-hybridized carbons (Fsp3) is 0.158. The fourth-order valence-corrected chi connectivity index (χ4v) is 3.18. The average Bonchev–Trinajstić information content (AvgIpc) is 3.13. The number of benzene rings is 2. The molecule has 12 nitrogen and oxygen atoms in total. The zero-order valence-electron chi connectivity index (χ0n) is 16.6. The Kier molecular flexibility index (Phi) is 7.00. The largest absolute Gasteiger partial charge is 0.493 e. The SMILES string of the molecule is COc1ccccc1Oc1cc(NC(=O)CCn2cc(Br)c([N+](=O)[O-])n2)cc([N+](=O)[O-])c1. The van der Waals surface area contributed by atoms with Gasteiger partial charge in [-0.1, -0.05) is 12.1 Å². The fourth-order valence-electron chi connectivity index (χ4n) is 2.71. The Morgan fingerprint density at radius 2 is 1.88 bits per heavy atom. The van der Waals surface area contributed by atoms with Crippen LogP contribution in [0.1, 0.15) is 6.42 Å². The Labute approximate surface area is 189 Å². The summed E-state index contributed by atoms with van der Waals surface area (Å²) >= 11 is 3.03. The molecule has 0 spiro atoms. The summed E-state index contributed by atoms with van der Waals surface area (Å²) in [5.41, 5.74) is -0.124. The van der Waals surface area contributed by atoms with E-state index in [0.29, 0.717) is 11.5 Å². The van der Waals surface area contributed by atoms with Crippen molar-refractivity contribution < 1.29 is 24.1 Å². The van der Waals surface area contributed by atoms with E-state index in [-0.39, 0.29) is 40.4 Å². The van der Waals surface area contributed by atoms with Crippen LogP contribution in [0.3, 0.4) is 0 Å². The summed E-state index contributed by atoms with van der Waals surface area (Å²) in [6.07, 6.45) is 1.31. The third kappa shape index (κ3) is 5.57. The van der Waals surface area contributed by atoms with Crippen LogP contribution < -0.4 is 14.8 Å². The van der Waals surface area contributed by atoms with Crippen LogP contribution in [0, 0.1) is 20.2 Å². The molecule has 0 saturated heterocycles. The summed E-state index contributed by atoms with van der Waals surface area (Å²) in [5.74, 6) is 0.0820. The molecule has 0 bridgehead atoms. The van der Waals surface area contributed by atoms with Gasteiger partial charge in [-0.25, -0.2) is 0 Å². The molecule has 0 aliphatic rings. The number of halogens is 1. The minimum atomic E-state index is -0.646. The standard InChI is InChI=1S/C19H16BrN5O7/c1-31-16-4-2-3-5-17(16)32-14-9-12(8-13(10-14)24(27)28)21-18(26)6-7-23-11-15(20)19(22-23)25(29)30/h2-5,8-11H,6-7H2,1H3,(H,21,26). The van der Waals surface area contributed by atoms with Gasteiger partial charge in [-0.2, -0.15) is 4.68 Å². The molecule has 0 saturated carbocycles. The van der Waals surface area contributed by atoms with Crippen molar-refractivity contribution in [3.05, 3.63) is 73.4 Å². The Hall–Kier alpha value is -4.00. The number of para-hydroxylation sites is 2. The van der Waals surface area contributed by atoms with Crippen LogP contribution in [0.15, 0.2) is 53.1 Å². The number of hydrogen-bond donors (Lipinski definition) is 1. The molecule has 1 N–H and O–H groups in total. The number of nitro benzene ring substituents is 1. The molecule has 1 amide bonds. The average molecular weight is 506 g/mol. The first-order valence-corrected chi connectivity index (χ1v) is 9.83. The Bertz CT molecular complexity index is 1180. The van der Waals surface area contributed by atoms with E-state index in [9.17, 15) is 25.0 Å². The summed E-state index contributed by atoms with van der Waals surface area (Å²) < 4.78 is 12.4. The minimum Gasteiger partial charge on any atom is -0.493 e. The first-order valence-electron chi connectivity index (χ1n) is 9.04. The van der Waals surface area contributed by atoms with Crippen molar-refractivity contribution in [2.24, 2.45) is 0 Å². The van der Waals surface area contributed by atoms with E-state index in [1.807, 2.05) is 0 Å². The van der Waals surface area contributed by atoms with Crippen LogP contribution in [0.2, 0.25) is 0 Å². The van der Waals surface area contributed by atoms with Crippen LogP contribution in [0.5, 0.6) is 17.2 Å². The van der Waals surface area contributed by atoms with Gasteiger partial charge in [0.15, 0.2) is 11.5 Å². The smallest absolute Gasteiger partial charge is 0.404 e. The third-order valence-electron chi connectivity index (χ3n) is 4.12. The first kappa shape index (κ1) is 22.7. The van der Waals surface area contributed by atoms with E-state index in [0.717, 1.165) is 0 Å². The number of non-ortho nitro benzene ring substituents is 1. The lowest BCUT2D eigenvalue weighted by atomic mass is 10.2. The van der Waals surface area contributed by atoms with Gasteiger partial charge in [-0.15, -0.1) is 0 Å². The lowest BCUT2D eigenvalue weighted by Gasteiger charge is -2.11. The number of carbonyl (C=O) groups is 1. The van der Waals surface area contributed by atoms with E-state index in [2.05, 4.69) is 26.3 Å². The summed E-state index contributed by atoms with van der Waals surface area (Å²) in [6, 6.07) is 10.6. The van der Waals surface area contributed by atoms with Gasteiger partial charge in [0.1, 0.15) is 10.2 Å². The molecule has 0 aliphatic heterocycles. The van der Waals surface area contributed by atoms with Gasteiger partial charge in [0.2, 0.25) is 5.91 Å². The predicted molar refractivity (Wildman–Crippen MR) is 116 cm³/mol. The number of hydrogen-bond acceptors (Lipinski definition) is 8. The molecule has 0 atom stereocenters. The lowest BCUT2D eigenvalue weighted by molar-refractivity contribution is -0.390. The predicted octanol–water partition coefficient (Wildman–Crippen LogP) is 4.29. The quantitative estimate of drug-likeness (QED) is 0.333. The molecule has 3 rings (SSSR count). The van der Waals surface area contributed by atoms with Gasteiger partial charge < -0.3 is 24.9 Å². The van der Waals surface area contributed by atoms with E-state index >= 15 is 0 Å². The van der Waals surface area contributed by atoms with Crippen molar-refractivity contribution in [2.45, 2.75) is 13.0 Å². The maximum atomic E-state index is 12.3. The van der Waals surface area contributed by atoms with Crippen LogP contribution >= 0.6 is 15.9 Å². The Morgan fingerprint density at radius 1 is 1.16 bits per heavy atom. The molecule has 13 heteroatoms. The number of nitro groups is 2. The molecule has 166 valence electrons. The normalized spacial score (nSPS) is 10.4. The third-order valence-corrected chi connectivity index (χ3v) is 4.68. The molecule has 2 aromatic carbocycles. The zero-order chi connectivity index (χ0) is 23.3. The van der Waals surface area contributed by atoms with Crippen molar-refractivity contribution in [1.82, 2.24) is 9.78 Å². The highest BCUT2D eigenvalue weighted by molar-refractivity contribution is 9.10. The van der Waals surface area contributed by atoms with Crippen molar-refractivity contribution in [3.8, 4) is 17.2 Å². The summed E-state index contributed by atoms with van der Waals surface area (Å²) in [6.45, 7) is 0.0672.